The number of primary amides is 1. The van der Waals surface area contributed by atoms with Crippen molar-refractivity contribution in [1.82, 2.24) is 0 Å². The summed E-state index contributed by atoms with van der Waals surface area (Å²) < 4.78 is 0. The van der Waals surface area contributed by atoms with Crippen LogP contribution in [0.2, 0.25) is 0 Å². The zero-order valence-corrected chi connectivity index (χ0v) is 12.2. The Hall–Kier alpha value is -2.47. The van der Waals surface area contributed by atoms with Gasteiger partial charge in [-0.3, -0.25) is 9.59 Å². The van der Waals surface area contributed by atoms with Crippen LogP contribution in [-0.2, 0) is 4.79 Å². The number of nitrogens with two attached hydrogens (primary N) is 2. The maximum absolute atomic E-state index is 11.3. The van der Waals surface area contributed by atoms with Crippen LogP contribution in [0.25, 0.3) is 0 Å². The summed E-state index contributed by atoms with van der Waals surface area (Å²) in [5.74, 6) is -0.656. The van der Waals surface area contributed by atoms with E-state index in [2.05, 4.69) is 5.32 Å². The van der Waals surface area contributed by atoms with Crippen LogP contribution in [0.1, 0.15) is 17.3 Å². The van der Waals surface area contributed by atoms with Gasteiger partial charge in [-0.25, -0.2) is 0 Å². The molecule has 0 aliphatic rings. The Morgan fingerprint density at radius 3 is 2.24 bits per heavy atom. The average Bonchev–Trinajstić information content (AvgIpc) is 2.42. The quantitative estimate of drug-likeness (QED) is 0.755. The maximum atomic E-state index is 11.3. The molecule has 0 spiro atoms. The lowest BCUT2D eigenvalue weighted by molar-refractivity contribution is -0.114. The molecular formula is C15H15N3O2S. The van der Waals surface area contributed by atoms with Crippen LogP contribution >= 0.6 is 11.8 Å². The molecule has 5 nitrogen and oxygen atoms in total. The summed E-state index contributed by atoms with van der Waals surface area (Å²) in [6.45, 7) is 1.46. The lowest BCUT2D eigenvalue weighted by Crippen LogP contribution is -2.13. The van der Waals surface area contributed by atoms with Crippen molar-refractivity contribution in [2.75, 3.05) is 11.1 Å². The molecule has 21 heavy (non-hydrogen) atoms. The average molecular weight is 301 g/mol. The van der Waals surface area contributed by atoms with Crippen LogP contribution in [0.5, 0.6) is 0 Å². The van der Waals surface area contributed by atoms with Crippen molar-refractivity contribution in [2.24, 2.45) is 5.73 Å². The minimum atomic E-state index is -0.545. The molecule has 108 valence electrons. The molecule has 5 N–H and O–H groups in total. The molecule has 0 aliphatic carbocycles. The zero-order chi connectivity index (χ0) is 15.4. The summed E-state index contributed by atoms with van der Waals surface area (Å²) >= 11 is 1.48. The van der Waals surface area contributed by atoms with E-state index in [1.54, 1.807) is 12.1 Å². The lowest BCUT2D eigenvalue weighted by Gasteiger charge is -2.07. The van der Waals surface area contributed by atoms with E-state index in [1.807, 2.05) is 30.3 Å². The summed E-state index contributed by atoms with van der Waals surface area (Å²) in [7, 11) is 0. The van der Waals surface area contributed by atoms with E-state index >= 15 is 0 Å². The molecule has 0 unspecified atom stereocenters. The standard InChI is InChI=1S/C15H15N3O2S/c1-9(19)18-10-2-4-11(5-3-10)21-12-6-7-14(16)13(8-12)15(17)20/h2-8H,16H2,1H3,(H2,17,20)(H,18,19). The first-order valence-electron chi connectivity index (χ1n) is 6.20. The lowest BCUT2D eigenvalue weighted by atomic mass is 10.2. The van der Waals surface area contributed by atoms with Gasteiger partial charge in [0.15, 0.2) is 0 Å². The maximum Gasteiger partial charge on any atom is 0.250 e. The first-order valence-corrected chi connectivity index (χ1v) is 7.02. The van der Waals surface area contributed by atoms with Gasteiger partial charge < -0.3 is 16.8 Å². The van der Waals surface area contributed by atoms with Gasteiger partial charge in [0.2, 0.25) is 5.91 Å². The van der Waals surface area contributed by atoms with Crippen molar-refractivity contribution in [1.29, 1.82) is 0 Å². The van der Waals surface area contributed by atoms with Gasteiger partial charge in [0, 0.05) is 28.1 Å². The molecule has 0 aliphatic heterocycles. The number of carbonyl (C=O) groups is 2. The van der Waals surface area contributed by atoms with Crippen LogP contribution in [0, 0.1) is 0 Å². The molecule has 0 aromatic heterocycles. The monoisotopic (exact) mass is 301 g/mol. The number of hydrogen-bond donors (Lipinski definition) is 3. The fraction of sp³-hybridized carbons (Fsp3) is 0.0667. The van der Waals surface area contributed by atoms with E-state index in [9.17, 15) is 9.59 Å². The fourth-order valence-corrected chi connectivity index (χ4v) is 2.62. The van der Waals surface area contributed by atoms with Gasteiger partial charge in [-0.1, -0.05) is 11.8 Å². The Bertz CT molecular complexity index is 684. The highest BCUT2D eigenvalue weighted by atomic mass is 32.2. The van der Waals surface area contributed by atoms with Gasteiger partial charge in [0.1, 0.15) is 0 Å². The van der Waals surface area contributed by atoms with Crippen LogP contribution < -0.4 is 16.8 Å². The second kappa shape index (κ2) is 6.32. The van der Waals surface area contributed by atoms with E-state index < -0.39 is 5.91 Å². The van der Waals surface area contributed by atoms with Crippen molar-refractivity contribution >= 4 is 35.0 Å². The van der Waals surface area contributed by atoms with Gasteiger partial charge >= 0.3 is 0 Å². The van der Waals surface area contributed by atoms with Crippen molar-refractivity contribution < 1.29 is 9.59 Å². The number of carbonyl (C=O) groups excluding carboxylic acids is 2. The molecule has 2 aromatic carbocycles. The summed E-state index contributed by atoms with van der Waals surface area (Å²) in [6, 6.07) is 12.6. The number of nitrogen functional groups attached to an aromatic ring is 1. The highest BCUT2D eigenvalue weighted by Gasteiger charge is 2.07. The Kier molecular flexibility index (Phi) is 4.49. The van der Waals surface area contributed by atoms with Crippen LogP contribution in [0.15, 0.2) is 52.3 Å². The van der Waals surface area contributed by atoms with E-state index in [4.69, 9.17) is 11.5 Å². The van der Waals surface area contributed by atoms with Crippen molar-refractivity contribution in [2.45, 2.75) is 16.7 Å². The molecule has 0 atom stereocenters. The second-order valence-electron chi connectivity index (χ2n) is 4.42. The Balaban J connectivity index is 2.16. The molecule has 0 saturated carbocycles. The number of hydrogen-bond acceptors (Lipinski definition) is 4. The van der Waals surface area contributed by atoms with Crippen molar-refractivity contribution in [3.05, 3.63) is 48.0 Å². The molecule has 2 rings (SSSR count). The zero-order valence-electron chi connectivity index (χ0n) is 11.4. The van der Waals surface area contributed by atoms with Crippen LogP contribution in [0.4, 0.5) is 11.4 Å². The molecule has 0 fully saturated rings. The third kappa shape index (κ3) is 4.00. The Morgan fingerprint density at radius 2 is 1.67 bits per heavy atom. The third-order valence-electron chi connectivity index (χ3n) is 2.70. The van der Waals surface area contributed by atoms with Crippen molar-refractivity contribution in [3.63, 3.8) is 0 Å². The SMILES string of the molecule is CC(=O)Nc1ccc(Sc2ccc(N)c(C(N)=O)c2)cc1. The topological polar surface area (TPSA) is 98.2 Å². The first-order chi connectivity index (χ1) is 9.95. The Labute approximate surface area is 126 Å². The van der Waals surface area contributed by atoms with E-state index in [0.717, 1.165) is 15.5 Å². The van der Waals surface area contributed by atoms with Crippen LogP contribution in [0.3, 0.4) is 0 Å². The normalized spacial score (nSPS) is 10.1. The molecular weight excluding hydrogens is 286 g/mol. The van der Waals surface area contributed by atoms with Crippen molar-refractivity contribution in [3.8, 4) is 0 Å². The highest BCUT2D eigenvalue weighted by molar-refractivity contribution is 7.99. The smallest absolute Gasteiger partial charge is 0.250 e. The predicted molar refractivity (Wildman–Crippen MR) is 84.2 cm³/mol. The summed E-state index contributed by atoms with van der Waals surface area (Å²) in [4.78, 5) is 24.1. The fourth-order valence-electron chi connectivity index (χ4n) is 1.76. The molecule has 0 saturated heterocycles. The molecule has 0 heterocycles. The molecule has 2 aromatic rings. The highest BCUT2D eigenvalue weighted by Crippen LogP contribution is 2.30. The van der Waals surface area contributed by atoms with E-state index in [0.29, 0.717) is 11.3 Å². The third-order valence-corrected chi connectivity index (χ3v) is 3.70. The summed E-state index contributed by atoms with van der Waals surface area (Å²) in [5.41, 5.74) is 12.4. The number of anilines is 2. The molecule has 6 heteroatoms. The number of rotatable bonds is 4. The largest absolute Gasteiger partial charge is 0.398 e. The van der Waals surface area contributed by atoms with Gasteiger partial charge in [-0.05, 0) is 42.5 Å². The Morgan fingerprint density at radius 1 is 1.05 bits per heavy atom. The number of nitrogens with one attached hydrogen (secondary N) is 1. The second-order valence-corrected chi connectivity index (χ2v) is 5.57. The van der Waals surface area contributed by atoms with E-state index in [-0.39, 0.29) is 5.91 Å². The molecule has 2 amide bonds. The molecule has 0 radical (unpaired) electrons. The first kappa shape index (κ1) is 14.9. The number of amides is 2. The van der Waals surface area contributed by atoms with Crippen LogP contribution in [-0.4, -0.2) is 11.8 Å². The van der Waals surface area contributed by atoms with Gasteiger partial charge in [0.25, 0.3) is 5.91 Å². The minimum absolute atomic E-state index is 0.111. The number of benzene rings is 2. The molecule has 0 bridgehead atoms. The van der Waals surface area contributed by atoms with Gasteiger partial charge in [-0.15, -0.1) is 0 Å². The van der Waals surface area contributed by atoms with Gasteiger partial charge in [-0.2, -0.15) is 0 Å². The van der Waals surface area contributed by atoms with Gasteiger partial charge in [0.05, 0.1) is 5.56 Å². The predicted octanol–water partition coefficient (Wildman–Crippen LogP) is 2.48. The minimum Gasteiger partial charge on any atom is -0.398 e. The van der Waals surface area contributed by atoms with E-state index in [1.165, 1.54) is 18.7 Å². The summed E-state index contributed by atoms with van der Waals surface area (Å²) in [5, 5.41) is 2.70. The summed E-state index contributed by atoms with van der Waals surface area (Å²) in [6.07, 6.45) is 0.